The van der Waals surface area contributed by atoms with E-state index in [1.807, 2.05) is 14.1 Å². The van der Waals surface area contributed by atoms with Crippen molar-refractivity contribution in [1.29, 1.82) is 0 Å². The molecule has 0 aliphatic rings. The van der Waals surface area contributed by atoms with E-state index in [1.165, 1.54) is 11.3 Å². The molecule has 0 spiro atoms. The monoisotopic (exact) mass is 259 g/mol. The van der Waals surface area contributed by atoms with Crippen molar-refractivity contribution in [3.8, 4) is 0 Å². The maximum absolute atomic E-state index is 5.48. The normalized spacial score (nSPS) is 10.7. The molecule has 0 fully saturated rings. The van der Waals surface area contributed by atoms with Crippen LogP contribution in [0.2, 0.25) is 0 Å². The zero-order valence-electron chi connectivity index (χ0n) is 11.6. The van der Waals surface area contributed by atoms with Crippen molar-refractivity contribution in [2.75, 3.05) is 25.5 Å². The van der Waals surface area contributed by atoms with Gasteiger partial charge in [0.05, 0.1) is 0 Å². The van der Waals surface area contributed by atoms with Crippen LogP contribution in [0.15, 0.2) is 24.3 Å². The topological polar surface area (TPSA) is 70.8 Å². The molecule has 19 heavy (non-hydrogen) atoms. The molecule has 0 aliphatic heterocycles. The summed E-state index contributed by atoms with van der Waals surface area (Å²) >= 11 is 0. The van der Waals surface area contributed by atoms with Gasteiger partial charge in [-0.15, -0.1) is 0 Å². The van der Waals surface area contributed by atoms with Gasteiger partial charge in [0, 0.05) is 32.6 Å². The van der Waals surface area contributed by atoms with Gasteiger partial charge in [0.25, 0.3) is 0 Å². The largest absolute Gasteiger partial charge is 0.378 e. The van der Waals surface area contributed by atoms with Crippen LogP contribution in [0.3, 0.4) is 0 Å². The average Bonchev–Trinajstić information content (AvgIpc) is 2.84. The summed E-state index contributed by atoms with van der Waals surface area (Å²) in [5, 5.41) is 7.18. The predicted octanol–water partition coefficient (Wildman–Crippen LogP) is 1.35. The van der Waals surface area contributed by atoms with Gasteiger partial charge in [0.1, 0.15) is 5.82 Å². The Morgan fingerprint density at radius 2 is 1.95 bits per heavy atom. The molecule has 3 N–H and O–H groups in total. The number of rotatable bonds is 6. The third-order valence-electron chi connectivity index (χ3n) is 3.01. The van der Waals surface area contributed by atoms with Gasteiger partial charge in [-0.2, -0.15) is 5.10 Å². The molecular weight excluding hydrogens is 238 g/mol. The lowest BCUT2D eigenvalue weighted by molar-refractivity contribution is 0.785. The number of benzene rings is 1. The van der Waals surface area contributed by atoms with E-state index in [4.69, 9.17) is 5.73 Å². The second kappa shape index (κ2) is 6.33. The number of nitrogens with two attached hydrogens (primary N) is 1. The van der Waals surface area contributed by atoms with Crippen LogP contribution in [0, 0.1) is 0 Å². The fourth-order valence-corrected chi connectivity index (χ4v) is 1.89. The van der Waals surface area contributed by atoms with E-state index in [1.54, 1.807) is 0 Å². The van der Waals surface area contributed by atoms with Crippen molar-refractivity contribution < 1.29 is 0 Å². The molecular formula is C14H21N5. The number of aromatic nitrogens is 3. The molecule has 0 amide bonds. The standard InChI is InChI=1S/C14H21N5/c1-19(2)12-7-5-11(6-8-12)10-14-16-13(17-18-14)4-3-9-15/h5-8H,3-4,9-10,15H2,1-2H3,(H,16,17,18). The van der Waals surface area contributed by atoms with Gasteiger partial charge in [0.15, 0.2) is 5.82 Å². The van der Waals surface area contributed by atoms with Crippen LogP contribution in [0.1, 0.15) is 23.6 Å². The zero-order chi connectivity index (χ0) is 13.7. The van der Waals surface area contributed by atoms with Crippen LogP contribution >= 0.6 is 0 Å². The van der Waals surface area contributed by atoms with Gasteiger partial charge in [-0.1, -0.05) is 12.1 Å². The highest BCUT2D eigenvalue weighted by Crippen LogP contribution is 2.14. The average molecular weight is 259 g/mol. The molecule has 1 heterocycles. The third kappa shape index (κ3) is 3.79. The van der Waals surface area contributed by atoms with Gasteiger partial charge < -0.3 is 10.6 Å². The predicted molar refractivity (Wildman–Crippen MR) is 77.3 cm³/mol. The van der Waals surface area contributed by atoms with Gasteiger partial charge in [-0.25, -0.2) is 4.98 Å². The molecule has 5 heteroatoms. The van der Waals surface area contributed by atoms with Crippen LogP contribution in [-0.2, 0) is 12.8 Å². The molecule has 1 aromatic carbocycles. The Morgan fingerprint density at radius 3 is 2.58 bits per heavy atom. The highest BCUT2D eigenvalue weighted by atomic mass is 15.2. The van der Waals surface area contributed by atoms with E-state index < -0.39 is 0 Å². The Morgan fingerprint density at radius 1 is 1.21 bits per heavy atom. The Hall–Kier alpha value is -1.88. The number of aryl methyl sites for hydroxylation is 1. The molecule has 1 aromatic heterocycles. The van der Waals surface area contributed by atoms with Crippen LogP contribution in [0.25, 0.3) is 0 Å². The number of nitrogens with zero attached hydrogens (tertiary/aromatic N) is 3. The summed E-state index contributed by atoms with van der Waals surface area (Å²) in [4.78, 5) is 6.55. The number of H-pyrrole nitrogens is 1. The molecule has 0 saturated heterocycles. The van der Waals surface area contributed by atoms with Crippen molar-refractivity contribution >= 4 is 5.69 Å². The zero-order valence-corrected chi connectivity index (χ0v) is 11.6. The molecule has 0 radical (unpaired) electrons. The minimum absolute atomic E-state index is 0.676. The van der Waals surface area contributed by atoms with Crippen LogP contribution < -0.4 is 10.6 Å². The Kier molecular flexibility index (Phi) is 4.52. The van der Waals surface area contributed by atoms with E-state index >= 15 is 0 Å². The molecule has 0 aliphatic carbocycles. The van der Waals surface area contributed by atoms with Crippen LogP contribution in [0.5, 0.6) is 0 Å². The molecule has 0 bridgehead atoms. The van der Waals surface area contributed by atoms with Gasteiger partial charge in [-0.3, -0.25) is 5.10 Å². The molecule has 102 valence electrons. The van der Waals surface area contributed by atoms with E-state index in [9.17, 15) is 0 Å². The molecule has 0 saturated carbocycles. The number of anilines is 1. The first kappa shape index (κ1) is 13.5. The maximum atomic E-state index is 5.48. The van der Waals surface area contributed by atoms with Crippen LogP contribution in [0.4, 0.5) is 5.69 Å². The summed E-state index contributed by atoms with van der Waals surface area (Å²) in [7, 11) is 4.07. The lowest BCUT2D eigenvalue weighted by Crippen LogP contribution is -2.08. The summed E-state index contributed by atoms with van der Waals surface area (Å²) in [5.74, 6) is 1.76. The van der Waals surface area contributed by atoms with E-state index in [0.717, 1.165) is 30.9 Å². The van der Waals surface area contributed by atoms with Crippen molar-refractivity contribution in [2.24, 2.45) is 5.73 Å². The van der Waals surface area contributed by atoms with Crippen molar-refractivity contribution in [3.63, 3.8) is 0 Å². The van der Waals surface area contributed by atoms with Gasteiger partial charge in [0.2, 0.25) is 0 Å². The van der Waals surface area contributed by atoms with E-state index in [2.05, 4.69) is 44.3 Å². The summed E-state index contributed by atoms with van der Waals surface area (Å²) in [6.45, 7) is 0.676. The summed E-state index contributed by atoms with van der Waals surface area (Å²) in [6, 6.07) is 8.47. The SMILES string of the molecule is CN(C)c1ccc(Cc2nc(CCCN)n[nH]2)cc1. The minimum atomic E-state index is 0.676. The molecule has 2 aromatic rings. The van der Waals surface area contributed by atoms with Crippen molar-refractivity contribution in [1.82, 2.24) is 15.2 Å². The molecule has 2 rings (SSSR count). The lowest BCUT2D eigenvalue weighted by Gasteiger charge is -2.12. The number of hydrogen-bond acceptors (Lipinski definition) is 4. The van der Waals surface area contributed by atoms with Crippen molar-refractivity contribution in [3.05, 3.63) is 41.5 Å². The van der Waals surface area contributed by atoms with E-state index in [0.29, 0.717) is 6.54 Å². The Labute approximate surface area is 113 Å². The fourth-order valence-electron chi connectivity index (χ4n) is 1.89. The first-order chi connectivity index (χ1) is 9.19. The van der Waals surface area contributed by atoms with E-state index in [-0.39, 0.29) is 0 Å². The molecule has 0 unspecified atom stereocenters. The lowest BCUT2D eigenvalue weighted by atomic mass is 10.1. The second-order valence-electron chi connectivity index (χ2n) is 4.83. The van der Waals surface area contributed by atoms with Gasteiger partial charge >= 0.3 is 0 Å². The van der Waals surface area contributed by atoms with Crippen molar-refractivity contribution in [2.45, 2.75) is 19.3 Å². The first-order valence-electron chi connectivity index (χ1n) is 6.55. The number of aromatic amines is 1. The number of nitrogens with one attached hydrogen (secondary N) is 1. The summed E-state index contributed by atoms with van der Waals surface area (Å²) in [6.07, 6.45) is 2.55. The molecule has 0 atom stereocenters. The summed E-state index contributed by atoms with van der Waals surface area (Å²) in [5.41, 5.74) is 7.90. The minimum Gasteiger partial charge on any atom is -0.378 e. The highest BCUT2D eigenvalue weighted by Gasteiger charge is 2.04. The fraction of sp³-hybridized carbons (Fsp3) is 0.429. The maximum Gasteiger partial charge on any atom is 0.150 e. The Bertz CT molecular complexity index is 501. The smallest absolute Gasteiger partial charge is 0.150 e. The second-order valence-corrected chi connectivity index (χ2v) is 4.83. The number of hydrogen-bond donors (Lipinski definition) is 2. The first-order valence-corrected chi connectivity index (χ1v) is 6.55. The third-order valence-corrected chi connectivity index (χ3v) is 3.01. The Balaban J connectivity index is 1.98. The van der Waals surface area contributed by atoms with Gasteiger partial charge in [-0.05, 0) is 30.7 Å². The van der Waals surface area contributed by atoms with Crippen LogP contribution in [-0.4, -0.2) is 35.8 Å². The summed E-state index contributed by atoms with van der Waals surface area (Å²) < 4.78 is 0. The molecule has 5 nitrogen and oxygen atoms in total. The quantitative estimate of drug-likeness (QED) is 0.821. The highest BCUT2D eigenvalue weighted by molar-refractivity contribution is 5.46.